The Morgan fingerprint density at radius 2 is 1.83 bits per heavy atom. The summed E-state index contributed by atoms with van der Waals surface area (Å²) in [5.74, 6) is 0. The van der Waals surface area contributed by atoms with E-state index in [-0.39, 0.29) is 5.01 Å². The van der Waals surface area contributed by atoms with Crippen LogP contribution in [-0.4, -0.2) is 14.1 Å². The van der Waals surface area contributed by atoms with Crippen LogP contribution in [0.2, 0.25) is 13.1 Å². The molecule has 1 radical (unpaired) electrons. The van der Waals surface area contributed by atoms with E-state index in [1.54, 1.807) is 0 Å². The lowest BCUT2D eigenvalue weighted by Crippen LogP contribution is -2.17. The van der Waals surface area contributed by atoms with E-state index in [1.165, 1.54) is 6.42 Å². The van der Waals surface area contributed by atoms with Gasteiger partial charge < -0.3 is 4.43 Å². The van der Waals surface area contributed by atoms with Gasteiger partial charge in [0.2, 0.25) is 9.04 Å². The van der Waals surface area contributed by atoms with Gasteiger partial charge in [-0.2, -0.15) is 0 Å². The smallest absolute Gasteiger partial charge is 0.206 e. The van der Waals surface area contributed by atoms with Gasteiger partial charge in [0, 0.05) is 0 Å². The molecule has 1 atom stereocenters. The van der Waals surface area contributed by atoms with Crippen molar-refractivity contribution >= 4 is 25.0 Å². The molecular weight excluding hydrogens is 232 g/mol. The highest BCUT2D eigenvalue weighted by atomic mass is 79.9. The molecule has 0 heterocycles. The normalized spacial score (nSPS) is 15.2. The first-order chi connectivity index (χ1) is 5.31. The molecule has 0 bridgehead atoms. The summed E-state index contributed by atoms with van der Waals surface area (Å²) in [4.78, 5) is 0. The molecule has 73 valence electrons. The predicted octanol–water partition coefficient (Wildman–Crippen LogP) is 3.80. The molecule has 0 saturated carbocycles. The molecule has 0 aliphatic heterocycles. The highest BCUT2D eigenvalue weighted by Gasteiger charge is 2.14. The van der Waals surface area contributed by atoms with Gasteiger partial charge in [-0.05, 0) is 31.4 Å². The molecule has 0 rings (SSSR count). The predicted molar refractivity (Wildman–Crippen MR) is 60.0 cm³/mol. The van der Waals surface area contributed by atoms with Crippen molar-refractivity contribution < 1.29 is 4.43 Å². The molecule has 0 spiro atoms. The zero-order valence-corrected chi connectivity index (χ0v) is 11.4. The van der Waals surface area contributed by atoms with Crippen molar-refractivity contribution in [2.45, 2.75) is 51.7 Å². The summed E-state index contributed by atoms with van der Waals surface area (Å²) in [5.41, 5.74) is 0.420. The standard InChI is InChI=1S/C9H20BrOSi/c1-9(2,3)7-6-8(10)11-12(4)5/h8H,6-7H2,1-5H3. The van der Waals surface area contributed by atoms with Crippen molar-refractivity contribution in [3.63, 3.8) is 0 Å². The van der Waals surface area contributed by atoms with E-state index in [0.29, 0.717) is 5.41 Å². The Kier molecular flexibility index (Phi) is 5.70. The van der Waals surface area contributed by atoms with Gasteiger partial charge >= 0.3 is 0 Å². The molecule has 0 fully saturated rings. The summed E-state index contributed by atoms with van der Waals surface area (Å²) in [6, 6.07) is 0. The lowest BCUT2D eigenvalue weighted by Gasteiger charge is -2.21. The van der Waals surface area contributed by atoms with E-state index in [0.717, 1.165) is 6.42 Å². The van der Waals surface area contributed by atoms with Crippen molar-refractivity contribution in [3.8, 4) is 0 Å². The van der Waals surface area contributed by atoms with Crippen LogP contribution in [0.25, 0.3) is 0 Å². The maximum absolute atomic E-state index is 5.66. The summed E-state index contributed by atoms with van der Waals surface area (Å²) in [5, 5.41) is 0.264. The minimum Gasteiger partial charge on any atom is -0.405 e. The Labute approximate surface area is 86.7 Å². The van der Waals surface area contributed by atoms with Crippen molar-refractivity contribution in [2.24, 2.45) is 5.41 Å². The molecule has 0 aliphatic carbocycles. The van der Waals surface area contributed by atoms with Crippen LogP contribution in [0.3, 0.4) is 0 Å². The van der Waals surface area contributed by atoms with E-state index >= 15 is 0 Å². The number of rotatable bonds is 4. The van der Waals surface area contributed by atoms with Crippen LogP contribution in [0.15, 0.2) is 0 Å². The fourth-order valence-corrected chi connectivity index (χ4v) is 2.84. The summed E-state index contributed by atoms with van der Waals surface area (Å²) in [6.07, 6.45) is 2.32. The van der Waals surface area contributed by atoms with Gasteiger partial charge in [0.25, 0.3) is 0 Å². The van der Waals surface area contributed by atoms with Gasteiger partial charge in [0.05, 0.1) is 0 Å². The lowest BCUT2D eigenvalue weighted by molar-refractivity contribution is 0.251. The molecule has 0 aromatic carbocycles. The summed E-state index contributed by atoms with van der Waals surface area (Å²) < 4.78 is 5.66. The second kappa shape index (κ2) is 5.40. The zero-order chi connectivity index (χ0) is 9.78. The summed E-state index contributed by atoms with van der Waals surface area (Å²) in [7, 11) is -0.548. The number of alkyl halides is 1. The fraction of sp³-hybridized carbons (Fsp3) is 1.00. The third-order valence-corrected chi connectivity index (χ3v) is 3.23. The zero-order valence-electron chi connectivity index (χ0n) is 8.78. The van der Waals surface area contributed by atoms with Gasteiger partial charge in [-0.25, -0.2) is 0 Å². The average Bonchev–Trinajstić information content (AvgIpc) is 1.80. The van der Waals surface area contributed by atoms with E-state index in [2.05, 4.69) is 49.8 Å². The lowest BCUT2D eigenvalue weighted by atomic mass is 9.91. The maximum Gasteiger partial charge on any atom is 0.206 e. The maximum atomic E-state index is 5.66. The SMILES string of the molecule is C[Si](C)OC(Br)CCC(C)(C)C. The molecular formula is C9H20BrOSi. The Balaban J connectivity index is 3.51. The van der Waals surface area contributed by atoms with Crippen LogP contribution in [-0.2, 0) is 4.43 Å². The van der Waals surface area contributed by atoms with Gasteiger partial charge in [-0.1, -0.05) is 36.7 Å². The first kappa shape index (κ1) is 12.7. The van der Waals surface area contributed by atoms with E-state index in [9.17, 15) is 0 Å². The summed E-state index contributed by atoms with van der Waals surface area (Å²) in [6.45, 7) is 11.1. The highest BCUT2D eigenvalue weighted by Crippen LogP contribution is 2.24. The van der Waals surface area contributed by atoms with E-state index in [1.807, 2.05) is 0 Å². The molecule has 0 N–H and O–H groups in total. The van der Waals surface area contributed by atoms with Crippen molar-refractivity contribution in [3.05, 3.63) is 0 Å². The Bertz CT molecular complexity index is 120. The van der Waals surface area contributed by atoms with Gasteiger partial charge in [0.15, 0.2) is 0 Å². The molecule has 0 saturated heterocycles. The third-order valence-electron chi connectivity index (χ3n) is 1.48. The molecule has 0 amide bonds. The Hall–Kier alpha value is 0.657. The first-order valence-electron chi connectivity index (χ1n) is 4.42. The Morgan fingerprint density at radius 3 is 2.17 bits per heavy atom. The largest absolute Gasteiger partial charge is 0.405 e. The second-order valence-corrected chi connectivity index (χ2v) is 7.61. The van der Waals surface area contributed by atoms with Crippen LogP contribution in [0, 0.1) is 5.41 Å². The van der Waals surface area contributed by atoms with E-state index < -0.39 is 9.04 Å². The minimum atomic E-state index is -0.548. The van der Waals surface area contributed by atoms with Crippen molar-refractivity contribution in [1.82, 2.24) is 0 Å². The molecule has 3 heteroatoms. The minimum absolute atomic E-state index is 0.264. The highest BCUT2D eigenvalue weighted by molar-refractivity contribution is 9.09. The molecule has 0 aromatic heterocycles. The molecule has 0 aliphatic rings. The van der Waals surface area contributed by atoms with Crippen LogP contribution in [0.4, 0.5) is 0 Å². The van der Waals surface area contributed by atoms with Crippen molar-refractivity contribution in [1.29, 1.82) is 0 Å². The van der Waals surface area contributed by atoms with Crippen molar-refractivity contribution in [2.75, 3.05) is 0 Å². The third kappa shape index (κ3) is 8.75. The van der Waals surface area contributed by atoms with Gasteiger partial charge in [-0.3, -0.25) is 0 Å². The number of halogens is 1. The number of hydrogen-bond donors (Lipinski definition) is 0. The monoisotopic (exact) mass is 251 g/mol. The van der Waals surface area contributed by atoms with Crippen LogP contribution in [0.1, 0.15) is 33.6 Å². The van der Waals surface area contributed by atoms with Gasteiger partial charge in [-0.15, -0.1) is 0 Å². The van der Waals surface area contributed by atoms with Crippen LogP contribution >= 0.6 is 15.9 Å². The molecule has 1 unspecified atom stereocenters. The quantitative estimate of drug-likeness (QED) is 0.546. The molecule has 12 heavy (non-hydrogen) atoms. The first-order valence-corrected chi connectivity index (χ1v) is 7.74. The average molecular weight is 252 g/mol. The molecule has 1 nitrogen and oxygen atoms in total. The van der Waals surface area contributed by atoms with E-state index in [4.69, 9.17) is 4.43 Å². The van der Waals surface area contributed by atoms with Crippen LogP contribution in [0.5, 0.6) is 0 Å². The number of hydrogen-bond acceptors (Lipinski definition) is 1. The van der Waals surface area contributed by atoms with Crippen LogP contribution < -0.4 is 0 Å². The Morgan fingerprint density at radius 1 is 1.33 bits per heavy atom. The summed E-state index contributed by atoms with van der Waals surface area (Å²) >= 11 is 3.53. The fourth-order valence-electron chi connectivity index (χ4n) is 0.861. The topological polar surface area (TPSA) is 9.23 Å². The second-order valence-electron chi connectivity index (χ2n) is 4.54. The molecule has 0 aromatic rings. The van der Waals surface area contributed by atoms with Gasteiger partial charge in [0.1, 0.15) is 5.01 Å².